The molecule has 1 aromatic heterocycles. The van der Waals surface area contributed by atoms with Gasteiger partial charge in [0.2, 0.25) is 5.91 Å². The topological polar surface area (TPSA) is 84.1 Å². The molecular formula is C13H15N3O3. The van der Waals surface area contributed by atoms with E-state index >= 15 is 0 Å². The Hall–Kier alpha value is -2.37. The number of fused-ring (bicyclic) bond motifs is 1. The van der Waals surface area contributed by atoms with Gasteiger partial charge in [0.05, 0.1) is 30.3 Å². The smallest absolute Gasteiger partial charge is 0.337 e. The Morgan fingerprint density at radius 3 is 2.89 bits per heavy atom. The van der Waals surface area contributed by atoms with Crippen LogP contribution in [-0.2, 0) is 16.1 Å². The zero-order valence-corrected chi connectivity index (χ0v) is 10.8. The Balaban J connectivity index is 2.20. The monoisotopic (exact) mass is 261 g/mol. The molecule has 19 heavy (non-hydrogen) atoms. The second kappa shape index (κ2) is 5.51. The van der Waals surface area contributed by atoms with Gasteiger partial charge in [-0.3, -0.25) is 4.79 Å². The molecule has 6 heteroatoms. The van der Waals surface area contributed by atoms with E-state index in [4.69, 9.17) is 0 Å². The van der Waals surface area contributed by atoms with Gasteiger partial charge in [-0.1, -0.05) is 6.92 Å². The fourth-order valence-electron chi connectivity index (χ4n) is 1.70. The fraction of sp³-hybridized carbons (Fsp3) is 0.308. The largest absolute Gasteiger partial charge is 0.465 e. The van der Waals surface area contributed by atoms with Crippen LogP contribution in [-0.4, -0.2) is 29.0 Å². The Morgan fingerprint density at radius 1 is 1.42 bits per heavy atom. The third-order valence-corrected chi connectivity index (χ3v) is 2.73. The van der Waals surface area contributed by atoms with E-state index < -0.39 is 5.97 Å². The molecule has 0 aliphatic carbocycles. The van der Waals surface area contributed by atoms with Crippen LogP contribution in [0.1, 0.15) is 29.5 Å². The second-order valence-electron chi connectivity index (χ2n) is 4.04. The van der Waals surface area contributed by atoms with Gasteiger partial charge in [0.1, 0.15) is 5.82 Å². The Morgan fingerprint density at radius 2 is 2.21 bits per heavy atom. The predicted molar refractivity (Wildman–Crippen MR) is 69.6 cm³/mol. The van der Waals surface area contributed by atoms with Crippen molar-refractivity contribution in [1.82, 2.24) is 15.3 Å². The van der Waals surface area contributed by atoms with Crippen molar-refractivity contribution in [2.45, 2.75) is 19.9 Å². The molecule has 2 rings (SSSR count). The summed E-state index contributed by atoms with van der Waals surface area (Å²) in [6.07, 6.45) is 0.437. The average molecular weight is 261 g/mol. The molecule has 2 N–H and O–H groups in total. The van der Waals surface area contributed by atoms with E-state index in [2.05, 4.69) is 20.0 Å². The van der Waals surface area contributed by atoms with Crippen molar-refractivity contribution >= 4 is 22.9 Å². The minimum absolute atomic E-state index is 0.0318. The number of ether oxygens (including phenoxy) is 1. The van der Waals surface area contributed by atoms with Crippen LogP contribution in [0.25, 0.3) is 11.0 Å². The number of carbonyl (C=O) groups excluding carboxylic acids is 2. The number of nitrogens with zero attached hydrogens (tertiary/aromatic N) is 1. The van der Waals surface area contributed by atoms with E-state index in [1.165, 1.54) is 7.11 Å². The highest BCUT2D eigenvalue weighted by Crippen LogP contribution is 2.14. The van der Waals surface area contributed by atoms with Crippen LogP contribution in [0, 0.1) is 0 Å². The summed E-state index contributed by atoms with van der Waals surface area (Å²) in [5.74, 6) is 0.229. The molecule has 0 saturated heterocycles. The van der Waals surface area contributed by atoms with Crippen LogP contribution in [0.15, 0.2) is 18.2 Å². The van der Waals surface area contributed by atoms with Gasteiger partial charge < -0.3 is 15.0 Å². The number of H-pyrrole nitrogens is 1. The number of esters is 1. The molecule has 100 valence electrons. The molecule has 1 amide bonds. The molecule has 0 aliphatic rings. The summed E-state index contributed by atoms with van der Waals surface area (Å²) < 4.78 is 4.66. The molecule has 0 atom stereocenters. The maximum atomic E-state index is 11.4. The van der Waals surface area contributed by atoms with Gasteiger partial charge in [0.25, 0.3) is 0 Å². The lowest BCUT2D eigenvalue weighted by molar-refractivity contribution is -0.120. The summed E-state index contributed by atoms with van der Waals surface area (Å²) >= 11 is 0. The predicted octanol–water partition coefficient (Wildman–Crippen LogP) is 1.38. The number of rotatable bonds is 4. The molecule has 0 fully saturated rings. The molecular weight excluding hydrogens is 246 g/mol. The molecule has 0 radical (unpaired) electrons. The lowest BCUT2D eigenvalue weighted by Gasteiger charge is -1.99. The van der Waals surface area contributed by atoms with E-state index in [1.54, 1.807) is 25.1 Å². The van der Waals surface area contributed by atoms with E-state index in [-0.39, 0.29) is 5.91 Å². The summed E-state index contributed by atoms with van der Waals surface area (Å²) in [6, 6.07) is 5.08. The quantitative estimate of drug-likeness (QED) is 0.814. The number of carbonyl (C=O) groups is 2. The number of aromatic nitrogens is 2. The van der Waals surface area contributed by atoms with Gasteiger partial charge in [-0.25, -0.2) is 9.78 Å². The molecule has 0 saturated carbocycles. The van der Waals surface area contributed by atoms with Crippen LogP contribution in [0.3, 0.4) is 0 Å². The van der Waals surface area contributed by atoms with Crippen LogP contribution in [0.2, 0.25) is 0 Å². The first-order chi connectivity index (χ1) is 9.13. The highest BCUT2D eigenvalue weighted by Gasteiger charge is 2.09. The Kier molecular flexibility index (Phi) is 3.79. The lowest BCUT2D eigenvalue weighted by Crippen LogP contribution is -2.21. The molecule has 2 aromatic rings. The van der Waals surface area contributed by atoms with E-state index in [0.29, 0.717) is 24.4 Å². The number of nitrogens with one attached hydrogen (secondary N) is 2. The van der Waals surface area contributed by atoms with Gasteiger partial charge in [-0.05, 0) is 18.2 Å². The molecule has 1 heterocycles. The normalized spacial score (nSPS) is 10.4. The van der Waals surface area contributed by atoms with Gasteiger partial charge in [-0.15, -0.1) is 0 Å². The fourth-order valence-corrected chi connectivity index (χ4v) is 1.70. The molecule has 1 aromatic carbocycles. The van der Waals surface area contributed by atoms with Gasteiger partial charge >= 0.3 is 5.97 Å². The third-order valence-electron chi connectivity index (χ3n) is 2.73. The van der Waals surface area contributed by atoms with Crippen LogP contribution >= 0.6 is 0 Å². The summed E-state index contributed by atoms with van der Waals surface area (Å²) in [4.78, 5) is 30.0. The number of hydrogen-bond donors (Lipinski definition) is 2. The van der Waals surface area contributed by atoms with Crippen LogP contribution in [0.4, 0.5) is 0 Å². The molecule has 0 bridgehead atoms. The van der Waals surface area contributed by atoms with Crippen molar-refractivity contribution in [2.24, 2.45) is 0 Å². The lowest BCUT2D eigenvalue weighted by atomic mass is 10.2. The molecule has 0 unspecified atom stereocenters. The molecule has 6 nitrogen and oxygen atoms in total. The number of aromatic amines is 1. The average Bonchev–Trinajstić information content (AvgIpc) is 2.85. The minimum Gasteiger partial charge on any atom is -0.465 e. The van der Waals surface area contributed by atoms with Gasteiger partial charge in [-0.2, -0.15) is 0 Å². The maximum Gasteiger partial charge on any atom is 0.337 e. The second-order valence-corrected chi connectivity index (χ2v) is 4.04. The summed E-state index contributed by atoms with van der Waals surface area (Å²) in [6.45, 7) is 2.13. The van der Waals surface area contributed by atoms with Crippen molar-refractivity contribution in [3.8, 4) is 0 Å². The van der Waals surface area contributed by atoms with Crippen molar-refractivity contribution in [3.63, 3.8) is 0 Å². The number of methoxy groups -OCH3 is 1. The number of amides is 1. The van der Waals surface area contributed by atoms with Crippen molar-refractivity contribution in [2.75, 3.05) is 7.11 Å². The first-order valence-electron chi connectivity index (χ1n) is 5.97. The zero-order chi connectivity index (χ0) is 13.8. The first-order valence-corrected chi connectivity index (χ1v) is 5.97. The van der Waals surface area contributed by atoms with E-state index in [9.17, 15) is 9.59 Å². The highest BCUT2D eigenvalue weighted by atomic mass is 16.5. The van der Waals surface area contributed by atoms with Crippen molar-refractivity contribution in [3.05, 3.63) is 29.6 Å². The highest BCUT2D eigenvalue weighted by molar-refractivity contribution is 5.93. The SMILES string of the molecule is CCC(=O)NCc1nc2ccc(C(=O)OC)cc2[nH]1. The van der Waals surface area contributed by atoms with Gasteiger partial charge in [0.15, 0.2) is 0 Å². The molecule has 0 aliphatic heterocycles. The summed E-state index contributed by atoms with van der Waals surface area (Å²) in [5, 5.41) is 2.73. The Labute approximate surface area is 110 Å². The van der Waals surface area contributed by atoms with Crippen LogP contribution in [0.5, 0.6) is 0 Å². The van der Waals surface area contributed by atoms with E-state index in [1.807, 2.05) is 0 Å². The maximum absolute atomic E-state index is 11.4. The van der Waals surface area contributed by atoms with E-state index in [0.717, 1.165) is 11.0 Å². The number of imidazole rings is 1. The zero-order valence-electron chi connectivity index (χ0n) is 10.8. The molecule has 0 spiro atoms. The van der Waals surface area contributed by atoms with Crippen molar-refractivity contribution < 1.29 is 14.3 Å². The van der Waals surface area contributed by atoms with Gasteiger partial charge in [0, 0.05) is 6.42 Å². The number of hydrogen-bond acceptors (Lipinski definition) is 4. The summed E-state index contributed by atoms with van der Waals surface area (Å²) in [7, 11) is 1.34. The van der Waals surface area contributed by atoms with Crippen LogP contribution < -0.4 is 5.32 Å². The summed E-state index contributed by atoms with van der Waals surface area (Å²) in [5.41, 5.74) is 1.94. The Bertz CT molecular complexity index is 619. The minimum atomic E-state index is -0.391. The third kappa shape index (κ3) is 2.90. The first kappa shape index (κ1) is 13.1. The number of benzene rings is 1. The standard InChI is InChI=1S/C13H15N3O3/c1-3-12(17)14-7-11-15-9-5-4-8(13(18)19-2)6-10(9)16-11/h4-6H,3,7H2,1-2H3,(H,14,17)(H,15,16). The van der Waals surface area contributed by atoms with Crippen molar-refractivity contribution in [1.29, 1.82) is 0 Å².